The zero-order valence-corrected chi connectivity index (χ0v) is 14.3. The summed E-state index contributed by atoms with van der Waals surface area (Å²) in [6, 6.07) is 0.608. The zero-order chi connectivity index (χ0) is 15.6. The number of amides is 1. The second-order valence-electron chi connectivity index (χ2n) is 6.26. The van der Waals surface area contributed by atoms with Crippen LogP contribution in [0.3, 0.4) is 0 Å². The molecule has 0 radical (unpaired) electrons. The number of carbonyl (C=O) groups excluding carboxylic acids is 1. The van der Waals surface area contributed by atoms with E-state index in [9.17, 15) is 4.79 Å². The normalized spacial score (nSPS) is 13.1. The first-order chi connectivity index (χ1) is 9.34. The third kappa shape index (κ3) is 9.18. The molecule has 0 heterocycles. The highest BCUT2D eigenvalue weighted by Gasteiger charge is 2.20. The summed E-state index contributed by atoms with van der Waals surface area (Å²) in [6.45, 7) is 14.5. The summed E-state index contributed by atoms with van der Waals surface area (Å²) in [5, 5.41) is 3.56. The molecular weight excluding hydrogens is 252 g/mol. The van der Waals surface area contributed by atoms with Crippen LogP contribution in [-0.4, -0.2) is 42.3 Å². The summed E-state index contributed by atoms with van der Waals surface area (Å²) in [5.74, 6) is 0. The van der Waals surface area contributed by atoms with Crippen LogP contribution in [0.2, 0.25) is 0 Å². The number of carbonyl (C=O) groups is 1. The first-order valence-electron chi connectivity index (χ1n) is 8.05. The van der Waals surface area contributed by atoms with E-state index in [0.29, 0.717) is 12.6 Å². The fraction of sp³-hybridized carbons (Fsp3) is 0.938. The van der Waals surface area contributed by atoms with Gasteiger partial charge in [0.1, 0.15) is 5.60 Å². The van der Waals surface area contributed by atoms with Crippen molar-refractivity contribution < 1.29 is 9.53 Å². The molecule has 120 valence electrons. The summed E-state index contributed by atoms with van der Waals surface area (Å²) in [5.41, 5.74) is -0.419. The molecular formula is C16H34N2O2. The summed E-state index contributed by atoms with van der Waals surface area (Å²) in [4.78, 5) is 13.7. The van der Waals surface area contributed by atoms with Gasteiger partial charge in [0.15, 0.2) is 0 Å². The maximum atomic E-state index is 12.0. The standard InChI is InChI=1S/C16H34N2O2/c1-7-11-14(8-2)17-12-10-13-18(9-3)15(19)20-16(4,5)6/h14,17H,7-13H2,1-6H3. The summed E-state index contributed by atoms with van der Waals surface area (Å²) in [6.07, 6.45) is 4.36. The van der Waals surface area contributed by atoms with Crippen LogP contribution in [0.25, 0.3) is 0 Å². The van der Waals surface area contributed by atoms with Gasteiger partial charge in [-0.3, -0.25) is 0 Å². The maximum absolute atomic E-state index is 12.0. The topological polar surface area (TPSA) is 41.6 Å². The summed E-state index contributed by atoms with van der Waals surface area (Å²) in [7, 11) is 0. The Bertz CT molecular complexity index is 262. The van der Waals surface area contributed by atoms with Crippen LogP contribution in [0.5, 0.6) is 0 Å². The van der Waals surface area contributed by atoms with Gasteiger partial charge in [-0.2, -0.15) is 0 Å². The van der Waals surface area contributed by atoms with Crippen LogP contribution in [0.4, 0.5) is 4.79 Å². The smallest absolute Gasteiger partial charge is 0.410 e. The third-order valence-corrected chi connectivity index (χ3v) is 3.20. The Morgan fingerprint density at radius 1 is 1.25 bits per heavy atom. The molecule has 0 aromatic carbocycles. The number of rotatable bonds is 9. The van der Waals surface area contributed by atoms with Crippen molar-refractivity contribution >= 4 is 6.09 Å². The van der Waals surface area contributed by atoms with Gasteiger partial charge in [0, 0.05) is 19.1 Å². The second kappa shape index (κ2) is 10.0. The van der Waals surface area contributed by atoms with Crippen LogP contribution in [-0.2, 0) is 4.74 Å². The first kappa shape index (κ1) is 19.2. The Kier molecular flexibility index (Phi) is 9.64. The molecule has 0 aliphatic rings. The van der Waals surface area contributed by atoms with Gasteiger partial charge in [0.25, 0.3) is 0 Å². The molecule has 0 bridgehead atoms. The van der Waals surface area contributed by atoms with Crippen LogP contribution in [0.15, 0.2) is 0 Å². The van der Waals surface area contributed by atoms with Crippen molar-refractivity contribution in [2.45, 2.75) is 78.9 Å². The average molecular weight is 286 g/mol. The Morgan fingerprint density at radius 2 is 1.90 bits per heavy atom. The fourth-order valence-corrected chi connectivity index (χ4v) is 2.08. The molecule has 0 aromatic heterocycles. The zero-order valence-electron chi connectivity index (χ0n) is 14.3. The van der Waals surface area contributed by atoms with Crippen molar-refractivity contribution in [3.63, 3.8) is 0 Å². The van der Waals surface area contributed by atoms with E-state index < -0.39 is 5.60 Å². The van der Waals surface area contributed by atoms with Gasteiger partial charge in [0.2, 0.25) is 0 Å². The minimum absolute atomic E-state index is 0.208. The molecule has 0 rings (SSSR count). The molecule has 0 fully saturated rings. The lowest BCUT2D eigenvalue weighted by Crippen LogP contribution is -2.38. The minimum Gasteiger partial charge on any atom is -0.444 e. The van der Waals surface area contributed by atoms with Crippen molar-refractivity contribution in [3.05, 3.63) is 0 Å². The fourth-order valence-electron chi connectivity index (χ4n) is 2.08. The molecule has 1 atom stereocenters. The lowest BCUT2D eigenvalue weighted by Gasteiger charge is -2.26. The maximum Gasteiger partial charge on any atom is 0.410 e. The highest BCUT2D eigenvalue weighted by molar-refractivity contribution is 5.68. The quantitative estimate of drug-likeness (QED) is 0.655. The third-order valence-electron chi connectivity index (χ3n) is 3.20. The largest absolute Gasteiger partial charge is 0.444 e. The van der Waals surface area contributed by atoms with Gasteiger partial charge < -0.3 is 15.0 Å². The van der Waals surface area contributed by atoms with E-state index in [0.717, 1.165) is 25.9 Å². The predicted molar refractivity (Wildman–Crippen MR) is 85.1 cm³/mol. The van der Waals surface area contributed by atoms with E-state index in [2.05, 4.69) is 19.2 Å². The highest BCUT2D eigenvalue weighted by atomic mass is 16.6. The van der Waals surface area contributed by atoms with E-state index in [4.69, 9.17) is 4.74 Å². The van der Waals surface area contributed by atoms with Crippen molar-refractivity contribution in [3.8, 4) is 0 Å². The second-order valence-corrected chi connectivity index (χ2v) is 6.26. The van der Waals surface area contributed by atoms with E-state index in [-0.39, 0.29) is 6.09 Å². The van der Waals surface area contributed by atoms with Gasteiger partial charge in [-0.1, -0.05) is 20.3 Å². The summed E-state index contributed by atoms with van der Waals surface area (Å²) >= 11 is 0. The molecule has 0 saturated heterocycles. The molecule has 0 spiro atoms. The van der Waals surface area contributed by atoms with Crippen molar-refractivity contribution in [2.24, 2.45) is 0 Å². The molecule has 0 aliphatic carbocycles. The molecule has 1 unspecified atom stereocenters. The molecule has 4 heteroatoms. The van der Waals surface area contributed by atoms with E-state index in [1.807, 2.05) is 27.7 Å². The van der Waals surface area contributed by atoms with Crippen LogP contribution >= 0.6 is 0 Å². The van der Waals surface area contributed by atoms with Crippen molar-refractivity contribution in [1.29, 1.82) is 0 Å². The molecule has 1 amide bonds. The van der Waals surface area contributed by atoms with Crippen LogP contribution in [0.1, 0.15) is 67.2 Å². The van der Waals surface area contributed by atoms with Crippen LogP contribution < -0.4 is 5.32 Å². The predicted octanol–water partition coefficient (Wildman–Crippen LogP) is 3.80. The average Bonchev–Trinajstić information content (AvgIpc) is 2.35. The molecule has 4 nitrogen and oxygen atoms in total. The lowest BCUT2D eigenvalue weighted by atomic mass is 10.1. The number of hydrogen-bond acceptors (Lipinski definition) is 3. The Morgan fingerprint density at radius 3 is 2.35 bits per heavy atom. The molecule has 0 saturated carbocycles. The number of ether oxygens (including phenoxy) is 1. The van der Waals surface area contributed by atoms with E-state index in [1.165, 1.54) is 12.8 Å². The van der Waals surface area contributed by atoms with Crippen molar-refractivity contribution in [1.82, 2.24) is 10.2 Å². The SMILES string of the molecule is CCCC(CC)NCCCN(CC)C(=O)OC(C)(C)C. The van der Waals surface area contributed by atoms with E-state index >= 15 is 0 Å². The molecule has 20 heavy (non-hydrogen) atoms. The number of hydrogen-bond donors (Lipinski definition) is 1. The monoisotopic (exact) mass is 286 g/mol. The van der Waals surface area contributed by atoms with E-state index in [1.54, 1.807) is 4.90 Å². The first-order valence-corrected chi connectivity index (χ1v) is 8.05. The van der Waals surface area contributed by atoms with Crippen LogP contribution in [0, 0.1) is 0 Å². The molecule has 0 aliphatic heterocycles. The van der Waals surface area contributed by atoms with Gasteiger partial charge in [-0.15, -0.1) is 0 Å². The molecule has 1 N–H and O–H groups in total. The number of nitrogens with one attached hydrogen (secondary N) is 1. The highest BCUT2D eigenvalue weighted by Crippen LogP contribution is 2.10. The number of nitrogens with zero attached hydrogens (tertiary/aromatic N) is 1. The lowest BCUT2D eigenvalue weighted by molar-refractivity contribution is 0.0258. The Labute approximate surface area is 125 Å². The van der Waals surface area contributed by atoms with Crippen molar-refractivity contribution in [2.75, 3.05) is 19.6 Å². The van der Waals surface area contributed by atoms with Gasteiger partial charge in [-0.05, 0) is 53.5 Å². The summed E-state index contributed by atoms with van der Waals surface area (Å²) < 4.78 is 5.40. The van der Waals surface area contributed by atoms with Gasteiger partial charge >= 0.3 is 6.09 Å². The Balaban J connectivity index is 3.98. The Hall–Kier alpha value is -0.770. The molecule has 0 aromatic rings. The van der Waals surface area contributed by atoms with Gasteiger partial charge in [0.05, 0.1) is 0 Å². The minimum atomic E-state index is -0.419. The van der Waals surface area contributed by atoms with Gasteiger partial charge in [-0.25, -0.2) is 4.79 Å².